The van der Waals surface area contributed by atoms with Crippen LogP contribution in [0.3, 0.4) is 0 Å². The van der Waals surface area contributed by atoms with E-state index in [4.69, 9.17) is 4.42 Å². The number of amides is 1. The largest absolute Gasteiger partial charge is 0.425 e. The Bertz CT molecular complexity index is 922. The first-order chi connectivity index (χ1) is 12.3. The summed E-state index contributed by atoms with van der Waals surface area (Å²) in [4.78, 5) is 19.0. The standard InChI is InChI=1S/C18H18N4O2S/c23-18(13-3-4-14-15(9-13)25-10-19-14)22-7-5-12(6-8-22)17-21-20-16(24-17)11-1-2-11/h3-4,9-12H,1-2,5-8H2. The van der Waals surface area contributed by atoms with Crippen LogP contribution in [0.2, 0.25) is 0 Å². The Morgan fingerprint density at radius 2 is 1.80 bits per heavy atom. The van der Waals surface area contributed by atoms with Gasteiger partial charge in [-0.2, -0.15) is 0 Å². The van der Waals surface area contributed by atoms with Crippen molar-refractivity contribution in [3.63, 3.8) is 0 Å². The van der Waals surface area contributed by atoms with E-state index in [2.05, 4.69) is 15.2 Å². The average Bonchev–Trinajstić information content (AvgIpc) is 3.20. The monoisotopic (exact) mass is 354 g/mol. The SMILES string of the molecule is O=C(c1ccc2ncsc2c1)N1CCC(c2nnc(C3CC3)o2)CC1. The Hall–Kier alpha value is -2.28. The summed E-state index contributed by atoms with van der Waals surface area (Å²) in [5, 5.41) is 8.41. The molecular weight excluding hydrogens is 336 g/mol. The molecule has 25 heavy (non-hydrogen) atoms. The zero-order valence-electron chi connectivity index (χ0n) is 13.7. The molecular formula is C18H18N4O2S. The van der Waals surface area contributed by atoms with E-state index in [9.17, 15) is 4.79 Å². The second-order valence-corrected chi connectivity index (χ2v) is 7.74. The van der Waals surface area contributed by atoms with Crippen LogP contribution in [0.25, 0.3) is 10.2 Å². The predicted molar refractivity (Wildman–Crippen MR) is 93.8 cm³/mol. The molecule has 0 spiro atoms. The summed E-state index contributed by atoms with van der Waals surface area (Å²) in [7, 11) is 0. The highest BCUT2D eigenvalue weighted by Crippen LogP contribution is 2.40. The molecule has 2 aromatic heterocycles. The first-order valence-corrected chi connectivity index (χ1v) is 9.62. The number of carbonyl (C=O) groups is 1. The van der Waals surface area contributed by atoms with E-state index in [1.807, 2.05) is 28.6 Å². The molecule has 0 radical (unpaired) electrons. The third-order valence-corrected chi connectivity index (χ3v) is 5.88. The second kappa shape index (κ2) is 5.91. The molecule has 1 aliphatic heterocycles. The zero-order valence-corrected chi connectivity index (χ0v) is 14.5. The molecule has 3 heterocycles. The molecule has 1 saturated heterocycles. The van der Waals surface area contributed by atoms with E-state index in [0.29, 0.717) is 5.92 Å². The first-order valence-electron chi connectivity index (χ1n) is 8.74. The second-order valence-electron chi connectivity index (χ2n) is 6.85. The van der Waals surface area contributed by atoms with Crippen LogP contribution in [-0.2, 0) is 0 Å². The van der Waals surface area contributed by atoms with E-state index in [1.165, 1.54) is 12.8 Å². The van der Waals surface area contributed by atoms with Gasteiger partial charge < -0.3 is 9.32 Å². The highest BCUT2D eigenvalue weighted by atomic mass is 32.1. The van der Waals surface area contributed by atoms with Crippen LogP contribution in [0, 0.1) is 0 Å². The van der Waals surface area contributed by atoms with Crippen molar-refractivity contribution < 1.29 is 9.21 Å². The third-order valence-electron chi connectivity index (χ3n) is 5.09. The van der Waals surface area contributed by atoms with Gasteiger partial charge in [0.2, 0.25) is 11.8 Å². The lowest BCUT2D eigenvalue weighted by Crippen LogP contribution is -2.38. The Balaban J connectivity index is 1.26. The number of nitrogens with zero attached hydrogens (tertiary/aromatic N) is 4. The third kappa shape index (κ3) is 2.82. The number of rotatable bonds is 3. The molecule has 0 bridgehead atoms. The Kier molecular flexibility index (Phi) is 3.55. The number of aromatic nitrogens is 3. The van der Waals surface area contributed by atoms with Crippen LogP contribution in [0.15, 0.2) is 28.1 Å². The van der Waals surface area contributed by atoms with Crippen molar-refractivity contribution in [3.8, 4) is 0 Å². The van der Waals surface area contributed by atoms with E-state index < -0.39 is 0 Å². The number of benzene rings is 1. The average molecular weight is 354 g/mol. The molecule has 1 aliphatic carbocycles. The lowest BCUT2D eigenvalue weighted by molar-refractivity contribution is 0.0706. The number of fused-ring (bicyclic) bond motifs is 1. The number of piperidine rings is 1. The van der Waals surface area contributed by atoms with Crippen molar-refractivity contribution in [2.45, 2.75) is 37.5 Å². The van der Waals surface area contributed by atoms with Crippen molar-refractivity contribution in [1.29, 1.82) is 0 Å². The van der Waals surface area contributed by atoms with Crippen molar-refractivity contribution in [2.24, 2.45) is 0 Å². The number of thiazole rings is 1. The maximum absolute atomic E-state index is 12.8. The van der Waals surface area contributed by atoms with E-state index in [0.717, 1.165) is 53.5 Å². The Morgan fingerprint density at radius 3 is 2.52 bits per heavy atom. The van der Waals surface area contributed by atoms with Crippen LogP contribution >= 0.6 is 11.3 Å². The number of carbonyl (C=O) groups excluding carboxylic acids is 1. The normalized spacial score (nSPS) is 18.8. The highest BCUT2D eigenvalue weighted by Gasteiger charge is 2.32. The topological polar surface area (TPSA) is 72.1 Å². The van der Waals surface area contributed by atoms with Gasteiger partial charge in [-0.3, -0.25) is 4.79 Å². The molecule has 1 saturated carbocycles. The highest BCUT2D eigenvalue weighted by molar-refractivity contribution is 7.16. The van der Waals surface area contributed by atoms with Crippen molar-refractivity contribution in [1.82, 2.24) is 20.1 Å². The molecule has 0 unspecified atom stereocenters. The minimum atomic E-state index is 0.0953. The molecule has 1 aromatic carbocycles. The van der Waals surface area contributed by atoms with Gasteiger partial charge in [-0.15, -0.1) is 21.5 Å². The summed E-state index contributed by atoms with van der Waals surface area (Å²) >= 11 is 1.56. The summed E-state index contributed by atoms with van der Waals surface area (Å²) in [6.45, 7) is 1.46. The molecule has 0 atom stereocenters. The van der Waals surface area contributed by atoms with Gasteiger partial charge in [-0.1, -0.05) is 0 Å². The van der Waals surface area contributed by atoms with E-state index in [1.54, 1.807) is 11.3 Å². The smallest absolute Gasteiger partial charge is 0.253 e. The maximum Gasteiger partial charge on any atom is 0.253 e. The molecule has 2 aliphatic rings. The van der Waals surface area contributed by atoms with Gasteiger partial charge in [-0.05, 0) is 43.9 Å². The molecule has 2 fully saturated rings. The molecule has 0 N–H and O–H groups in total. The summed E-state index contributed by atoms with van der Waals surface area (Å²) in [5.74, 6) is 2.40. The molecule has 7 heteroatoms. The van der Waals surface area contributed by atoms with E-state index in [-0.39, 0.29) is 11.8 Å². The quantitative estimate of drug-likeness (QED) is 0.719. The first kappa shape index (κ1) is 15.0. The van der Waals surface area contributed by atoms with Crippen LogP contribution in [-0.4, -0.2) is 39.1 Å². The number of likely N-dealkylation sites (tertiary alicyclic amines) is 1. The van der Waals surface area contributed by atoms with Gasteiger partial charge in [0, 0.05) is 30.5 Å². The molecule has 128 valence electrons. The van der Waals surface area contributed by atoms with Crippen LogP contribution < -0.4 is 0 Å². The Labute approximate surface area is 148 Å². The van der Waals surface area contributed by atoms with Gasteiger partial charge in [0.1, 0.15) is 0 Å². The van der Waals surface area contributed by atoms with E-state index >= 15 is 0 Å². The van der Waals surface area contributed by atoms with Gasteiger partial charge in [0.15, 0.2) is 0 Å². The number of hydrogen-bond donors (Lipinski definition) is 0. The summed E-state index contributed by atoms with van der Waals surface area (Å²) in [5.41, 5.74) is 3.50. The maximum atomic E-state index is 12.8. The molecule has 3 aromatic rings. The Morgan fingerprint density at radius 1 is 1.08 bits per heavy atom. The van der Waals surface area contributed by atoms with Crippen LogP contribution in [0.5, 0.6) is 0 Å². The van der Waals surface area contributed by atoms with Gasteiger partial charge in [0.25, 0.3) is 5.91 Å². The van der Waals surface area contributed by atoms with Gasteiger partial charge in [0.05, 0.1) is 15.7 Å². The lowest BCUT2D eigenvalue weighted by Gasteiger charge is -2.30. The summed E-state index contributed by atoms with van der Waals surface area (Å²) in [6.07, 6.45) is 4.08. The number of hydrogen-bond acceptors (Lipinski definition) is 6. The van der Waals surface area contributed by atoms with Gasteiger partial charge >= 0.3 is 0 Å². The van der Waals surface area contributed by atoms with Gasteiger partial charge in [-0.25, -0.2) is 4.98 Å². The van der Waals surface area contributed by atoms with Crippen molar-refractivity contribution in [2.75, 3.05) is 13.1 Å². The minimum Gasteiger partial charge on any atom is -0.425 e. The minimum absolute atomic E-state index is 0.0953. The molecule has 1 amide bonds. The van der Waals surface area contributed by atoms with Crippen LogP contribution in [0.1, 0.15) is 59.7 Å². The fraction of sp³-hybridized carbons (Fsp3) is 0.444. The predicted octanol–water partition coefficient (Wildman–Crippen LogP) is 3.58. The molecule has 6 nitrogen and oxygen atoms in total. The zero-order chi connectivity index (χ0) is 16.8. The van der Waals surface area contributed by atoms with Crippen molar-refractivity contribution >= 4 is 27.5 Å². The lowest BCUT2D eigenvalue weighted by atomic mass is 9.96. The molecule has 5 rings (SSSR count). The fourth-order valence-electron chi connectivity index (χ4n) is 3.41. The van der Waals surface area contributed by atoms with Crippen molar-refractivity contribution in [3.05, 3.63) is 41.1 Å². The van der Waals surface area contributed by atoms with Crippen LogP contribution in [0.4, 0.5) is 0 Å². The summed E-state index contributed by atoms with van der Waals surface area (Å²) < 4.78 is 6.89. The fourth-order valence-corrected chi connectivity index (χ4v) is 4.12. The summed E-state index contributed by atoms with van der Waals surface area (Å²) in [6, 6.07) is 5.74.